The first-order valence-electron chi connectivity index (χ1n) is 10.1. The van der Waals surface area contributed by atoms with Crippen LogP contribution in [0.1, 0.15) is 27.4 Å². The summed E-state index contributed by atoms with van der Waals surface area (Å²) in [5, 5.41) is 19.8. The van der Waals surface area contributed by atoms with Crippen molar-refractivity contribution in [3.05, 3.63) is 83.6 Å². The number of likely N-dealkylation sites (N-methyl/N-ethyl adjacent to an activating group) is 1. The summed E-state index contributed by atoms with van der Waals surface area (Å²) in [4.78, 5) is 37.1. The lowest BCUT2D eigenvalue weighted by Crippen LogP contribution is -2.32. The van der Waals surface area contributed by atoms with Crippen LogP contribution in [0.3, 0.4) is 0 Å². The third-order valence-corrected chi connectivity index (χ3v) is 5.13. The Labute approximate surface area is 185 Å². The van der Waals surface area contributed by atoms with Crippen molar-refractivity contribution >= 4 is 28.7 Å². The van der Waals surface area contributed by atoms with Crippen molar-refractivity contribution in [2.24, 2.45) is 0 Å². The molecule has 0 fully saturated rings. The summed E-state index contributed by atoms with van der Waals surface area (Å²) in [6.07, 6.45) is 3.18. The molecule has 1 aliphatic heterocycles. The SMILES string of the molecule is CN(Cc1ccccc1)CC1CNC(=O)c2cccc3[nH]cc1c23.O=C(O)/C=C/C(=O)O. The van der Waals surface area contributed by atoms with E-state index in [1.54, 1.807) is 0 Å². The van der Waals surface area contributed by atoms with Gasteiger partial charge in [-0.1, -0.05) is 36.4 Å². The second-order valence-corrected chi connectivity index (χ2v) is 7.57. The molecule has 1 atom stereocenters. The molecule has 3 aromatic rings. The van der Waals surface area contributed by atoms with Crippen LogP contribution in [0.2, 0.25) is 0 Å². The fraction of sp³-hybridized carbons (Fsp3) is 0.208. The highest BCUT2D eigenvalue weighted by molar-refractivity contribution is 6.08. The summed E-state index contributed by atoms with van der Waals surface area (Å²) < 4.78 is 0. The lowest BCUT2D eigenvalue weighted by atomic mass is 9.97. The van der Waals surface area contributed by atoms with Gasteiger partial charge >= 0.3 is 11.9 Å². The smallest absolute Gasteiger partial charge is 0.328 e. The first-order valence-corrected chi connectivity index (χ1v) is 10.1. The number of nitrogens with one attached hydrogen (secondary N) is 2. The minimum atomic E-state index is -1.26. The minimum Gasteiger partial charge on any atom is -0.478 e. The number of carboxylic acid groups (broad SMARTS) is 2. The zero-order valence-corrected chi connectivity index (χ0v) is 17.6. The van der Waals surface area contributed by atoms with Gasteiger partial charge in [-0.2, -0.15) is 0 Å². The third kappa shape index (κ3) is 5.83. The number of amides is 1. The van der Waals surface area contributed by atoms with E-state index in [4.69, 9.17) is 10.2 Å². The maximum absolute atomic E-state index is 12.4. The first-order chi connectivity index (χ1) is 15.3. The van der Waals surface area contributed by atoms with Crippen molar-refractivity contribution in [1.29, 1.82) is 0 Å². The van der Waals surface area contributed by atoms with Crippen LogP contribution < -0.4 is 5.32 Å². The van der Waals surface area contributed by atoms with E-state index in [1.807, 2.05) is 24.3 Å². The van der Waals surface area contributed by atoms with E-state index in [9.17, 15) is 14.4 Å². The Balaban J connectivity index is 0.000000312. The van der Waals surface area contributed by atoms with Crippen molar-refractivity contribution in [3.8, 4) is 0 Å². The lowest BCUT2D eigenvalue weighted by Gasteiger charge is -2.23. The van der Waals surface area contributed by atoms with Gasteiger partial charge in [-0.05, 0) is 30.3 Å². The van der Waals surface area contributed by atoms with Gasteiger partial charge in [0.2, 0.25) is 0 Å². The molecule has 166 valence electrons. The highest BCUT2D eigenvalue weighted by Crippen LogP contribution is 2.31. The minimum absolute atomic E-state index is 0.0228. The number of aliphatic carboxylic acids is 2. The summed E-state index contributed by atoms with van der Waals surface area (Å²) in [7, 11) is 2.13. The van der Waals surface area contributed by atoms with Gasteiger partial charge in [0.05, 0.1) is 0 Å². The Hall–Kier alpha value is -3.91. The largest absolute Gasteiger partial charge is 0.478 e. The summed E-state index contributed by atoms with van der Waals surface area (Å²) >= 11 is 0. The number of benzene rings is 2. The molecule has 2 aromatic carbocycles. The van der Waals surface area contributed by atoms with Gasteiger partial charge in [0.1, 0.15) is 0 Å². The van der Waals surface area contributed by atoms with E-state index >= 15 is 0 Å². The number of rotatable bonds is 6. The van der Waals surface area contributed by atoms with Gasteiger partial charge in [0, 0.05) is 60.4 Å². The van der Waals surface area contributed by atoms with Crippen molar-refractivity contribution in [2.45, 2.75) is 12.5 Å². The van der Waals surface area contributed by atoms with Gasteiger partial charge in [0.15, 0.2) is 0 Å². The van der Waals surface area contributed by atoms with Gasteiger partial charge in [-0.3, -0.25) is 4.79 Å². The van der Waals surface area contributed by atoms with Crippen molar-refractivity contribution in [2.75, 3.05) is 20.1 Å². The number of H-pyrrole nitrogens is 1. The van der Waals surface area contributed by atoms with E-state index in [-0.39, 0.29) is 11.8 Å². The molecule has 1 aliphatic rings. The molecule has 32 heavy (non-hydrogen) atoms. The Kier molecular flexibility index (Phi) is 7.41. The molecule has 0 bridgehead atoms. The molecule has 0 saturated heterocycles. The molecule has 2 heterocycles. The number of aromatic nitrogens is 1. The van der Waals surface area contributed by atoms with Gasteiger partial charge in [0.25, 0.3) is 5.91 Å². The van der Waals surface area contributed by atoms with Crippen LogP contribution in [-0.2, 0) is 16.1 Å². The number of hydrogen-bond donors (Lipinski definition) is 4. The molecule has 8 nitrogen and oxygen atoms in total. The number of carbonyl (C=O) groups excluding carboxylic acids is 1. The molecule has 0 saturated carbocycles. The fourth-order valence-corrected chi connectivity index (χ4v) is 3.78. The third-order valence-electron chi connectivity index (χ3n) is 5.13. The van der Waals surface area contributed by atoms with E-state index in [2.05, 4.69) is 52.7 Å². The van der Waals surface area contributed by atoms with Crippen LogP contribution >= 0.6 is 0 Å². The molecular formula is C24H25N3O5. The van der Waals surface area contributed by atoms with Crippen LogP contribution in [0, 0.1) is 0 Å². The normalized spacial score (nSPS) is 15.2. The molecule has 8 heteroatoms. The standard InChI is InChI=1S/C20H21N3O.C4H4O4/c1-23(12-14-6-3-2-4-7-14)13-15-10-22-20(24)16-8-5-9-18-19(16)17(15)11-21-18;5-3(6)1-2-4(7)8/h2-9,11,15,21H,10,12-13H2,1H3,(H,22,24);1-2H,(H,5,6)(H,7,8)/b;2-1+. The van der Waals surface area contributed by atoms with Crippen LogP contribution in [0.15, 0.2) is 66.9 Å². The summed E-state index contributed by atoms with van der Waals surface area (Å²) in [6.45, 7) is 2.47. The number of hydrogen-bond acceptors (Lipinski definition) is 4. The summed E-state index contributed by atoms with van der Waals surface area (Å²) in [5.41, 5.74) is 4.35. The molecule has 1 amide bonds. The molecule has 0 spiro atoms. The second kappa shape index (κ2) is 10.4. The van der Waals surface area contributed by atoms with Crippen LogP contribution in [0.4, 0.5) is 0 Å². The van der Waals surface area contributed by atoms with E-state index in [0.29, 0.717) is 18.7 Å². The lowest BCUT2D eigenvalue weighted by molar-refractivity contribution is -0.134. The van der Waals surface area contributed by atoms with E-state index in [0.717, 1.165) is 29.6 Å². The molecule has 1 aromatic heterocycles. The fourth-order valence-electron chi connectivity index (χ4n) is 3.78. The Bertz CT molecular complexity index is 1120. The summed E-state index contributed by atoms with van der Waals surface area (Å²) in [5.74, 6) is -2.21. The van der Waals surface area contributed by atoms with Crippen molar-refractivity contribution in [1.82, 2.24) is 15.2 Å². The quantitative estimate of drug-likeness (QED) is 0.442. The highest BCUT2D eigenvalue weighted by Gasteiger charge is 2.25. The number of carboxylic acids is 2. The van der Waals surface area contributed by atoms with E-state index in [1.165, 1.54) is 11.1 Å². The number of carbonyl (C=O) groups is 3. The van der Waals surface area contributed by atoms with Gasteiger partial charge < -0.3 is 25.4 Å². The van der Waals surface area contributed by atoms with Gasteiger partial charge in [-0.25, -0.2) is 9.59 Å². The van der Waals surface area contributed by atoms with E-state index < -0.39 is 11.9 Å². The average Bonchev–Trinajstić information content (AvgIpc) is 3.15. The zero-order valence-electron chi connectivity index (χ0n) is 17.6. The maximum Gasteiger partial charge on any atom is 0.328 e. The molecule has 4 rings (SSSR count). The van der Waals surface area contributed by atoms with Crippen molar-refractivity contribution in [3.63, 3.8) is 0 Å². The van der Waals surface area contributed by atoms with Crippen LogP contribution in [-0.4, -0.2) is 58.1 Å². The predicted octanol–water partition coefficient (Wildman–Crippen LogP) is 2.84. The Morgan fingerprint density at radius 3 is 2.41 bits per heavy atom. The average molecular weight is 435 g/mol. The number of nitrogens with zero attached hydrogens (tertiary/aromatic N) is 1. The Morgan fingerprint density at radius 1 is 1.06 bits per heavy atom. The van der Waals surface area contributed by atoms with Crippen LogP contribution in [0.25, 0.3) is 10.9 Å². The second-order valence-electron chi connectivity index (χ2n) is 7.57. The predicted molar refractivity (Wildman–Crippen MR) is 121 cm³/mol. The Morgan fingerprint density at radius 2 is 1.75 bits per heavy atom. The maximum atomic E-state index is 12.4. The first kappa shape index (κ1) is 22.8. The summed E-state index contributed by atoms with van der Waals surface area (Å²) in [6, 6.07) is 16.3. The van der Waals surface area contributed by atoms with Gasteiger partial charge in [-0.15, -0.1) is 0 Å². The monoisotopic (exact) mass is 435 g/mol. The number of aromatic amines is 1. The van der Waals surface area contributed by atoms with Crippen LogP contribution in [0.5, 0.6) is 0 Å². The molecule has 0 radical (unpaired) electrons. The topological polar surface area (TPSA) is 123 Å². The zero-order chi connectivity index (χ0) is 23.1. The van der Waals surface area contributed by atoms with Crippen molar-refractivity contribution < 1.29 is 24.6 Å². The molecular weight excluding hydrogens is 410 g/mol. The molecule has 4 N–H and O–H groups in total. The highest BCUT2D eigenvalue weighted by atomic mass is 16.4. The molecule has 1 unspecified atom stereocenters. The molecule has 0 aliphatic carbocycles.